The minimum absolute atomic E-state index is 0.271. The number of carbonyl (C=O) groups excluding carboxylic acids is 1. The molecule has 0 spiro atoms. The quantitative estimate of drug-likeness (QED) is 0.813. The Balaban J connectivity index is 1.82. The number of likely N-dealkylation sites (tertiary alicyclic amines) is 1. The average molecular weight is 244 g/mol. The van der Waals surface area contributed by atoms with Gasteiger partial charge in [0.1, 0.15) is 0 Å². The van der Waals surface area contributed by atoms with Crippen LogP contribution >= 0.6 is 0 Å². The lowest BCUT2D eigenvalue weighted by Crippen LogP contribution is -2.39. The van der Waals surface area contributed by atoms with E-state index in [0.717, 1.165) is 37.9 Å². The van der Waals surface area contributed by atoms with Crippen LogP contribution in [0.15, 0.2) is 24.3 Å². The molecule has 0 aromatic heterocycles. The fourth-order valence-corrected chi connectivity index (χ4v) is 2.82. The summed E-state index contributed by atoms with van der Waals surface area (Å²) in [5.74, 6) is 0.691. The predicted octanol–water partition coefficient (Wildman–Crippen LogP) is 2.73. The molecule has 3 nitrogen and oxygen atoms in total. The second kappa shape index (κ2) is 4.63. The van der Waals surface area contributed by atoms with Crippen LogP contribution in [-0.2, 0) is 4.79 Å². The van der Waals surface area contributed by atoms with Crippen LogP contribution in [0.25, 0.3) is 0 Å². The van der Waals surface area contributed by atoms with E-state index in [-0.39, 0.29) is 6.04 Å². The zero-order chi connectivity index (χ0) is 12.5. The standard InChI is InChI=1S/C15H20N2O/c16-13-8-6-11(7-9-13)14-3-1-2-10-17(14)15(18)12-4-5-12/h6-9,12,14H,1-5,10,16H2. The number of carbonyl (C=O) groups is 1. The molecule has 1 amide bonds. The predicted molar refractivity (Wildman–Crippen MR) is 71.9 cm³/mol. The minimum Gasteiger partial charge on any atom is -0.399 e. The molecule has 2 N–H and O–H groups in total. The van der Waals surface area contributed by atoms with Gasteiger partial charge in [0, 0.05) is 18.2 Å². The molecule has 2 fully saturated rings. The summed E-state index contributed by atoms with van der Waals surface area (Å²) >= 11 is 0. The molecule has 96 valence electrons. The number of piperidine rings is 1. The van der Waals surface area contributed by atoms with Crippen molar-refractivity contribution in [3.63, 3.8) is 0 Å². The molecule has 1 aliphatic carbocycles. The highest BCUT2D eigenvalue weighted by Crippen LogP contribution is 2.37. The van der Waals surface area contributed by atoms with E-state index >= 15 is 0 Å². The summed E-state index contributed by atoms with van der Waals surface area (Å²) in [6.45, 7) is 0.921. The van der Waals surface area contributed by atoms with Crippen LogP contribution in [0.5, 0.6) is 0 Å². The average Bonchev–Trinajstić information content (AvgIpc) is 3.23. The first-order valence-electron chi connectivity index (χ1n) is 6.91. The topological polar surface area (TPSA) is 46.3 Å². The first-order valence-corrected chi connectivity index (χ1v) is 6.91. The molecule has 1 aliphatic heterocycles. The smallest absolute Gasteiger partial charge is 0.226 e. The maximum atomic E-state index is 12.3. The van der Waals surface area contributed by atoms with E-state index < -0.39 is 0 Å². The lowest BCUT2D eigenvalue weighted by Gasteiger charge is -2.36. The van der Waals surface area contributed by atoms with Gasteiger partial charge in [0.25, 0.3) is 0 Å². The van der Waals surface area contributed by atoms with Crippen molar-refractivity contribution in [2.75, 3.05) is 12.3 Å². The molecule has 1 heterocycles. The van der Waals surface area contributed by atoms with Gasteiger partial charge in [-0.2, -0.15) is 0 Å². The van der Waals surface area contributed by atoms with Crippen LogP contribution in [0.2, 0.25) is 0 Å². The van der Waals surface area contributed by atoms with Crippen molar-refractivity contribution in [1.82, 2.24) is 4.90 Å². The van der Waals surface area contributed by atoms with E-state index in [4.69, 9.17) is 5.73 Å². The van der Waals surface area contributed by atoms with E-state index in [9.17, 15) is 4.79 Å². The fourth-order valence-electron chi connectivity index (χ4n) is 2.82. The Morgan fingerprint density at radius 3 is 2.50 bits per heavy atom. The van der Waals surface area contributed by atoms with E-state index in [0.29, 0.717) is 11.8 Å². The normalized spacial score (nSPS) is 24.0. The molecule has 1 aromatic rings. The van der Waals surface area contributed by atoms with E-state index in [2.05, 4.69) is 17.0 Å². The molecule has 1 unspecified atom stereocenters. The molecule has 0 radical (unpaired) electrons. The summed E-state index contributed by atoms with van der Waals surface area (Å²) in [4.78, 5) is 14.4. The monoisotopic (exact) mass is 244 g/mol. The summed E-state index contributed by atoms with van der Waals surface area (Å²) in [7, 11) is 0. The number of benzene rings is 1. The van der Waals surface area contributed by atoms with Gasteiger partial charge in [-0.1, -0.05) is 12.1 Å². The van der Waals surface area contributed by atoms with Crippen molar-refractivity contribution in [2.24, 2.45) is 5.92 Å². The third-order valence-electron chi connectivity index (χ3n) is 4.03. The zero-order valence-electron chi connectivity index (χ0n) is 10.6. The Morgan fingerprint density at radius 2 is 1.83 bits per heavy atom. The maximum absolute atomic E-state index is 12.3. The molecule has 3 rings (SSSR count). The molecule has 1 atom stereocenters. The van der Waals surface area contributed by atoms with Gasteiger partial charge in [-0.05, 0) is 49.8 Å². The molecule has 1 aromatic carbocycles. The maximum Gasteiger partial charge on any atom is 0.226 e. The number of hydrogen-bond donors (Lipinski definition) is 1. The van der Waals surface area contributed by atoms with Crippen molar-refractivity contribution < 1.29 is 4.79 Å². The molecular formula is C15H20N2O. The largest absolute Gasteiger partial charge is 0.399 e. The summed E-state index contributed by atoms with van der Waals surface area (Å²) in [5, 5.41) is 0. The highest BCUT2D eigenvalue weighted by atomic mass is 16.2. The Morgan fingerprint density at radius 1 is 1.11 bits per heavy atom. The highest BCUT2D eigenvalue weighted by Gasteiger charge is 2.37. The van der Waals surface area contributed by atoms with Crippen molar-refractivity contribution in [1.29, 1.82) is 0 Å². The number of nitrogen functional groups attached to an aromatic ring is 1. The third kappa shape index (κ3) is 2.22. The molecule has 2 aliphatic rings. The summed E-state index contributed by atoms with van der Waals surface area (Å²) in [6.07, 6.45) is 5.61. The van der Waals surface area contributed by atoms with Gasteiger partial charge in [-0.15, -0.1) is 0 Å². The molecule has 18 heavy (non-hydrogen) atoms. The van der Waals surface area contributed by atoms with Gasteiger partial charge < -0.3 is 10.6 Å². The Kier molecular flexibility index (Phi) is 2.98. The Hall–Kier alpha value is -1.51. The highest BCUT2D eigenvalue weighted by molar-refractivity contribution is 5.81. The number of anilines is 1. The van der Waals surface area contributed by atoms with Crippen LogP contribution in [0.3, 0.4) is 0 Å². The Bertz CT molecular complexity index is 436. The minimum atomic E-state index is 0.271. The van der Waals surface area contributed by atoms with Gasteiger partial charge in [0.2, 0.25) is 5.91 Å². The number of amides is 1. The van der Waals surface area contributed by atoms with Crippen molar-refractivity contribution in [3.8, 4) is 0 Å². The van der Waals surface area contributed by atoms with Crippen molar-refractivity contribution >= 4 is 11.6 Å². The van der Waals surface area contributed by atoms with Crippen molar-refractivity contribution in [2.45, 2.75) is 38.1 Å². The second-order valence-electron chi connectivity index (χ2n) is 5.48. The van der Waals surface area contributed by atoms with Gasteiger partial charge in [-0.3, -0.25) is 4.79 Å². The summed E-state index contributed by atoms with van der Waals surface area (Å²) < 4.78 is 0. The van der Waals surface area contributed by atoms with Gasteiger partial charge in [0.05, 0.1) is 6.04 Å². The van der Waals surface area contributed by atoms with Gasteiger partial charge in [0.15, 0.2) is 0 Å². The third-order valence-corrected chi connectivity index (χ3v) is 4.03. The van der Waals surface area contributed by atoms with E-state index in [1.807, 2.05) is 12.1 Å². The first kappa shape index (κ1) is 11.6. The first-order chi connectivity index (χ1) is 8.75. The number of rotatable bonds is 2. The lowest BCUT2D eigenvalue weighted by molar-refractivity contribution is -0.136. The molecular weight excluding hydrogens is 224 g/mol. The number of hydrogen-bond acceptors (Lipinski definition) is 2. The van der Waals surface area contributed by atoms with Crippen LogP contribution in [-0.4, -0.2) is 17.4 Å². The van der Waals surface area contributed by atoms with Gasteiger partial charge >= 0.3 is 0 Å². The van der Waals surface area contributed by atoms with Crippen LogP contribution < -0.4 is 5.73 Å². The van der Waals surface area contributed by atoms with Gasteiger partial charge in [-0.25, -0.2) is 0 Å². The fraction of sp³-hybridized carbons (Fsp3) is 0.533. The summed E-state index contributed by atoms with van der Waals surface area (Å²) in [5.41, 5.74) is 7.75. The molecule has 1 saturated heterocycles. The summed E-state index contributed by atoms with van der Waals surface area (Å²) in [6, 6.07) is 8.28. The van der Waals surface area contributed by atoms with Crippen LogP contribution in [0.1, 0.15) is 43.7 Å². The number of nitrogens with zero attached hydrogens (tertiary/aromatic N) is 1. The Labute approximate surface area is 108 Å². The van der Waals surface area contributed by atoms with Crippen LogP contribution in [0, 0.1) is 5.92 Å². The van der Waals surface area contributed by atoms with E-state index in [1.165, 1.54) is 12.0 Å². The molecule has 0 bridgehead atoms. The van der Waals surface area contributed by atoms with E-state index in [1.54, 1.807) is 0 Å². The second-order valence-corrected chi connectivity index (χ2v) is 5.48. The number of nitrogens with two attached hydrogens (primary N) is 1. The molecule has 3 heteroatoms. The van der Waals surface area contributed by atoms with Crippen molar-refractivity contribution in [3.05, 3.63) is 29.8 Å². The molecule has 1 saturated carbocycles. The van der Waals surface area contributed by atoms with Crippen LogP contribution in [0.4, 0.5) is 5.69 Å². The zero-order valence-corrected chi connectivity index (χ0v) is 10.6. The SMILES string of the molecule is Nc1ccc(C2CCCCN2C(=O)C2CC2)cc1. The lowest BCUT2D eigenvalue weighted by atomic mass is 9.94.